The smallest absolute Gasteiger partial charge is 0.267 e. The van der Waals surface area contributed by atoms with Gasteiger partial charge in [0.15, 0.2) is 6.10 Å². The first-order valence-corrected chi connectivity index (χ1v) is 10.9. The van der Waals surface area contributed by atoms with Gasteiger partial charge in [-0.15, -0.1) is 10.2 Å². The second-order valence-electron chi connectivity index (χ2n) is 7.42. The van der Waals surface area contributed by atoms with Gasteiger partial charge in [-0.3, -0.25) is 10.1 Å². The van der Waals surface area contributed by atoms with E-state index in [1.165, 1.54) is 40.9 Å². The quantitative estimate of drug-likeness (QED) is 0.611. The Kier molecular flexibility index (Phi) is 5.90. The summed E-state index contributed by atoms with van der Waals surface area (Å²) in [5.41, 5.74) is 4.93. The molecule has 1 atom stereocenters. The Morgan fingerprint density at radius 1 is 1.10 bits per heavy atom. The highest BCUT2D eigenvalue weighted by Gasteiger charge is 2.21. The van der Waals surface area contributed by atoms with Crippen molar-refractivity contribution < 1.29 is 9.53 Å². The Morgan fingerprint density at radius 2 is 1.86 bits per heavy atom. The lowest BCUT2D eigenvalue weighted by Gasteiger charge is -2.20. The van der Waals surface area contributed by atoms with Gasteiger partial charge in [-0.2, -0.15) is 0 Å². The first-order chi connectivity index (χ1) is 14.1. The first kappa shape index (κ1) is 19.6. The van der Waals surface area contributed by atoms with E-state index < -0.39 is 6.10 Å². The Hall–Kier alpha value is -2.73. The van der Waals surface area contributed by atoms with E-state index in [1.54, 1.807) is 0 Å². The lowest BCUT2D eigenvalue weighted by molar-refractivity contribution is -0.122. The van der Waals surface area contributed by atoms with E-state index in [1.807, 2.05) is 44.2 Å². The normalized spacial score (nSPS) is 14.1. The number of nitrogens with one attached hydrogen (secondary N) is 1. The number of ether oxygens (including phenoxy) is 1. The zero-order valence-electron chi connectivity index (χ0n) is 16.8. The summed E-state index contributed by atoms with van der Waals surface area (Å²) in [6, 6.07) is 14.3. The van der Waals surface area contributed by atoms with E-state index in [9.17, 15) is 4.79 Å². The number of aryl methyl sites for hydroxylation is 3. The summed E-state index contributed by atoms with van der Waals surface area (Å²) in [4.78, 5) is 12.7. The predicted octanol–water partition coefficient (Wildman–Crippen LogP) is 5.19. The van der Waals surface area contributed by atoms with Crippen LogP contribution in [0.5, 0.6) is 5.75 Å². The van der Waals surface area contributed by atoms with Crippen LogP contribution in [-0.4, -0.2) is 22.2 Å². The highest BCUT2D eigenvalue weighted by Crippen LogP contribution is 2.28. The van der Waals surface area contributed by atoms with Crippen LogP contribution in [0.2, 0.25) is 0 Å². The highest BCUT2D eigenvalue weighted by molar-refractivity contribution is 7.18. The fourth-order valence-electron chi connectivity index (χ4n) is 3.54. The van der Waals surface area contributed by atoms with Gasteiger partial charge in [-0.1, -0.05) is 54.2 Å². The standard InChI is InChI=1S/C23H25N3O2S/c1-3-20(28-19-13-12-16-6-4-5-7-18(16)14-19)21(27)24-23-26-25-22(29-23)17-10-8-15(2)9-11-17/h8-14,20H,3-7H2,1-2H3,(H,24,26,27). The number of amides is 1. The summed E-state index contributed by atoms with van der Waals surface area (Å²) in [6.45, 7) is 3.99. The molecule has 0 spiro atoms. The topological polar surface area (TPSA) is 64.1 Å². The van der Waals surface area contributed by atoms with Crippen molar-refractivity contribution in [3.05, 3.63) is 59.2 Å². The van der Waals surface area contributed by atoms with Gasteiger partial charge in [0.2, 0.25) is 5.13 Å². The molecular weight excluding hydrogens is 382 g/mol. The summed E-state index contributed by atoms with van der Waals surface area (Å²) in [6.07, 6.45) is 4.69. The molecule has 1 amide bonds. The minimum absolute atomic E-state index is 0.197. The maximum Gasteiger partial charge on any atom is 0.267 e. The van der Waals surface area contributed by atoms with Crippen molar-refractivity contribution in [3.63, 3.8) is 0 Å². The predicted molar refractivity (Wildman–Crippen MR) is 117 cm³/mol. The zero-order chi connectivity index (χ0) is 20.2. The second kappa shape index (κ2) is 8.74. The van der Waals surface area contributed by atoms with Gasteiger partial charge in [0.05, 0.1) is 0 Å². The molecule has 1 N–H and O–H groups in total. The van der Waals surface area contributed by atoms with Crippen molar-refractivity contribution in [2.45, 2.75) is 52.1 Å². The van der Waals surface area contributed by atoms with Crippen LogP contribution < -0.4 is 10.1 Å². The van der Waals surface area contributed by atoms with E-state index in [0.717, 1.165) is 29.2 Å². The number of hydrogen-bond acceptors (Lipinski definition) is 5. The number of hydrogen-bond donors (Lipinski definition) is 1. The van der Waals surface area contributed by atoms with Crippen molar-refractivity contribution in [1.82, 2.24) is 10.2 Å². The number of fused-ring (bicyclic) bond motifs is 1. The van der Waals surface area contributed by atoms with Gasteiger partial charge < -0.3 is 4.74 Å². The highest BCUT2D eigenvalue weighted by atomic mass is 32.1. The Balaban J connectivity index is 1.42. The minimum Gasteiger partial charge on any atom is -0.481 e. The third kappa shape index (κ3) is 4.65. The number of rotatable bonds is 6. The number of aromatic nitrogens is 2. The van der Waals surface area contributed by atoms with Crippen LogP contribution >= 0.6 is 11.3 Å². The third-order valence-corrected chi connectivity index (χ3v) is 6.10. The number of nitrogens with zero attached hydrogens (tertiary/aromatic N) is 2. The maximum absolute atomic E-state index is 12.7. The van der Waals surface area contributed by atoms with Gasteiger partial charge in [0, 0.05) is 5.56 Å². The summed E-state index contributed by atoms with van der Waals surface area (Å²) >= 11 is 1.36. The van der Waals surface area contributed by atoms with E-state index in [0.29, 0.717) is 11.6 Å². The van der Waals surface area contributed by atoms with Crippen molar-refractivity contribution >= 4 is 22.4 Å². The summed E-state index contributed by atoms with van der Waals surface area (Å²) in [5, 5.41) is 12.4. The number of carbonyl (C=O) groups is 1. The molecule has 0 saturated carbocycles. The van der Waals surface area contributed by atoms with E-state index in [-0.39, 0.29) is 5.91 Å². The van der Waals surface area contributed by atoms with Gasteiger partial charge in [-0.05, 0) is 62.3 Å². The molecule has 4 rings (SSSR count). The Bertz CT molecular complexity index is 998. The number of benzene rings is 2. The van der Waals surface area contributed by atoms with Crippen molar-refractivity contribution in [1.29, 1.82) is 0 Å². The summed E-state index contributed by atoms with van der Waals surface area (Å²) < 4.78 is 6.01. The van der Waals surface area contributed by atoms with Gasteiger partial charge in [0.25, 0.3) is 5.91 Å². The molecule has 0 saturated heterocycles. The fraction of sp³-hybridized carbons (Fsp3) is 0.348. The average Bonchev–Trinajstić information content (AvgIpc) is 3.20. The van der Waals surface area contributed by atoms with E-state index >= 15 is 0 Å². The second-order valence-corrected chi connectivity index (χ2v) is 8.40. The van der Waals surface area contributed by atoms with E-state index in [2.05, 4.69) is 27.6 Å². The fourth-order valence-corrected chi connectivity index (χ4v) is 4.29. The maximum atomic E-state index is 12.7. The SMILES string of the molecule is CCC(Oc1ccc2c(c1)CCCC2)C(=O)Nc1nnc(-c2ccc(C)cc2)s1. The van der Waals surface area contributed by atoms with Gasteiger partial charge in [0.1, 0.15) is 10.8 Å². The lowest BCUT2D eigenvalue weighted by Crippen LogP contribution is -2.32. The number of carbonyl (C=O) groups excluding carboxylic acids is 1. The molecule has 1 aliphatic carbocycles. The van der Waals surface area contributed by atoms with Gasteiger partial charge >= 0.3 is 0 Å². The lowest BCUT2D eigenvalue weighted by atomic mass is 9.92. The summed E-state index contributed by atoms with van der Waals surface area (Å²) in [7, 11) is 0. The van der Waals surface area contributed by atoms with Gasteiger partial charge in [-0.25, -0.2) is 0 Å². The van der Waals surface area contributed by atoms with Crippen molar-refractivity contribution in [2.24, 2.45) is 0 Å². The molecule has 29 heavy (non-hydrogen) atoms. The van der Waals surface area contributed by atoms with Crippen LogP contribution in [-0.2, 0) is 17.6 Å². The minimum atomic E-state index is -0.566. The molecule has 1 aliphatic rings. The third-order valence-electron chi connectivity index (χ3n) is 5.22. The molecule has 0 aliphatic heterocycles. The molecule has 5 nitrogen and oxygen atoms in total. The molecule has 0 bridgehead atoms. The Labute approximate surface area is 175 Å². The molecule has 0 radical (unpaired) electrons. The number of anilines is 1. The summed E-state index contributed by atoms with van der Waals surface area (Å²) in [5.74, 6) is 0.557. The molecule has 1 aromatic heterocycles. The van der Waals surface area contributed by atoms with Crippen LogP contribution in [0.3, 0.4) is 0 Å². The van der Waals surface area contributed by atoms with Crippen LogP contribution in [0.4, 0.5) is 5.13 Å². The average molecular weight is 408 g/mol. The molecule has 1 heterocycles. The van der Waals surface area contributed by atoms with E-state index in [4.69, 9.17) is 4.74 Å². The molecule has 1 unspecified atom stereocenters. The van der Waals surface area contributed by atoms with Crippen LogP contribution in [0.15, 0.2) is 42.5 Å². The first-order valence-electron chi connectivity index (χ1n) is 10.1. The zero-order valence-corrected chi connectivity index (χ0v) is 17.6. The molecule has 0 fully saturated rings. The molecular formula is C23H25N3O2S. The van der Waals surface area contributed by atoms with Crippen LogP contribution in [0.1, 0.15) is 42.9 Å². The van der Waals surface area contributed by atoms with Crippen molar-refractivity contribution in [3.8, 4) is 16.3 Å². The molecule has 2 aromatic carbocycles. The monoisotopic (exact) mass is 407 g/mol. The largest absolute Gasteiger partial charge is 0.481 e. The van der Waals surface area contributed by atoms with Crippen molar-refractivity contribution in [2.75, 3.05) is 5.32 Å². The molecule has 6 heteroatoms. The molecule has 3 aromatic rings. The van der Waals surface area contributed by atoms with Crippen LogP contribution in [0.25, 0.3) is 10.6 Å². The van der Waals surface area contributed by atoms with Crippen LogP contribution in [0, 0.1) is 6.92 Å². The Morgan fingerprint density at radius 3 is 2.62 bits per heavy atom. The molecule has 150 valence electrons.